The number of aryl methyl sites for hydroxylation is 2. The molecule has 0 saturated heterocycles. The summed E-state index contributed by atoms with van der Waals surface area (Å²) < 4.78 is 2.20. The van der Waals surface area contributed by atoms with Crippen molar-refractivity contribution in [2.45, 2.75) is 33.2 Å². The van der Waals surface area contributed by atoms with Gasteiger partial charge >= 0.3 is 0 Å². The van der Waals surface area contributed by atoms with Gasteiger partial charge in [-0.15, -0.1) is 0 Å². The summed E-state index contributed by atoms with van der Waals surface area (Å²) in [6, 6.07) is 4.25. The second kappa shape index (κ2) is 4.97. The zero-order chi connectivity index (χ0) is 9.68. The van der Waals surface area contributed by atoms with Crippen LogP contribution in [0.1, 0.15) is 25.1 Å². The van der Waals surface area contributed by atoms with E-state index in [1.807, 2.05) is 0 Å². The van der Waals surface area contributed by atoms with E-state index in [0.717, 1.165) is 19.4 Å². The second-order valence-corrected chi connectivity index (χ2v) is 3.14. The molecule has 0 bridgehead atoms. The molecule has 0 radical (unpaired) electrons. The minimum atomic E-state index is 0.228. The van der Waals surface area contributed by atoms with Gasteiger partial charge in [0.2, 0.25) is 0 Å². The van der Waals surface area contributed by atoms with E-state index in [2.05, 4.69) is 36.7 Å². The third-order valence-corrected chi connectivity index (χ3v) is 2.30. The molecule has 1 N–H and O–H groups in total. The van der Waals surface area contributed by atoms with Crippen molar-refractivity contribution < 1.29 is 9.67 Å². The Morgan fingerprint density at radius 2 is 2.08 bits per heavy atom. The molecular formula is C11H18NO+. The summed E-state index contributed by atoms with van der Waals surface area (Å²) in [5.74, 6) is 0. The highest BCUT2D eigenvalue weighted by Gasteiger charge is 2.08. The van der Waals surface area contributed by atoms with Gasteiger partial charge in [0.1, 0.15) is 6.54 Å². The van der Waals surface area contributed by atoms with Crippen LogP contribution in [0.3, 0.4) is 0 Å². The zero-order valence-corrected chi connectivity index (χ0v) is 8.45. The predicted octanol–water partition coefficient (Wildman–Crippen LogP) is 1.09. The molecule has 1 heterocycles. The highest BCUT2D eigenvalue weighted by Crippen LogP contribution is 2.00. The minimum Gasteiger partial charge on any atom is -0.396 e. The third-order valence-electron chi connectivity index (χ3n) is 2.30. The number of pyridine rings is 1. The average molecular weight is 180 g/mol. The van der Waals surface area contributed by atoms with E-state index < -0.39 is 0 Å². The standard InChI is InChI=1S/C11H18NO/c1-3-10-5-6-11(7-8-13)12(4-2)9-10/h5-6,9,13H,3-4,7-8H2,1-2H3/q+1. The van der Waals surface area contributed by atoms with Crippen molar-refractivity contribution in [3.63, 3.8) is 0 Å². The lowest BCUT2D eigenvalue weighted by atomic mass is 10.2. The molecule has 0 unspecified atom stereocenters. The zero-order valence-electron chi connectivity index (χ0n) is 8.45. The monoisotopic (exact) mass is 180 g/mol. The van der Waals surface area contributed by atoms with Crippen LogP contribution in [0.15, 0.2) is 18.3 Å². The van der Waals surface area contributed by atoms with Crippen molar-refractivity contribution >= 4 is 0 Å². The summed E-state index contributed by atoms with van der Waals surface area (Å²) >= 11 is 0. The van der Waals surface area contributed by atoms with Crippen LogP contribution in [0.2, 0.25) is 0 Å². The van der Waals surface area contributed by atoms with Gasteiger partial charge in [0, 0.05) is 11.6 Å². The molecule has 0 amide bonds. The van der Waals surface area contributed by atoms with Crippen LogP contribution in [0.25, 0.3) is 0 Å². The Balaban J connectivity index is 2.93. The molecule has 0 aliphatic carbocycles. The lowest BCUT2D eigenvalue weighted by Gasteiger charge is -2.02. The molecule has 13 heavy (non-hydrogen) atoms. The first-order valence-corrected chi connectivity index (χ1v) is 4.93. The molecular weight excluding hydrogens is 162 g/mol. The molecule has 0 atom stereocenters. The Hall–Kier alpha value is -0.890. The summed E-state index contributed by atoms with van der Waals surface area (Å²) in [5, 5.41) is 8.85. The van der Waals surface area contributed by atoms with E-state index in [4.69, 9.17) is 5.11 Å². The summed E-state index contributed by atoms with van der Waals surface area (Å²) in [5.41, 5.74) is 2.56. The van der Waals surface area contributed by atoms with Gasteiger partial charge in [-0.1, -0.05) is 6.92 Å². The van der Waals surface area contributed by atoms with E-state index in [1.54, 1.807) is 0 Å². The maximum absolute atomic E-state index is 8.85. The summed E-state index contributed by atoms with van der Waals surface area (Å²) in [6.07, 6.45) is 3.99. The first-order valence-electron chi connectivity index (χ1n) is 4.93. The first-order chi connectivity index (χ1) is 6.31. The van der Waals surface area contributed by atoms with E-state index in [0.29, 0.717) is 0 Å². The number of nitrogens with zero attached hydrogens (tertiary/aromatic N) is 1. The van der Waals surface area contributed by atoms with Crippen LogP contribution in [-0.2, 0) is 19.4 Å². The van der Waals surface area contributed by atoms with E-state index in [1.165, 1.54) is 11.3 Å². The molecule has 0 fully saturated rings. The molecule has 72 valence electrons. The summed E-state index contributed by atoms with van der Waals surface area (Å²) in [7, 11) is 0. The molecule has 0 saturated carbocycles. The van der Waals surface area contributed by atoms with Crippen molar-refractivity contribution in [2.75, 3.05) is 6.61 Å². The normalized spacial score (nSPS) is 10.4. The van der Waals surface area contributed by atoms with Gasteiger partial charge in [-0.2, -0.15) is 0 Å². The predicted molar refractivity (Wildman–Crippen MR) is 52.5 cm³/mol. The van der Waals surface area contributed by atoms with Crippen molar-refractivity contribution in [2.24, 2.45) is 0 Å². The largest absolute Gasteiger partial charge is 0.396 e. The fourth-order valence-corrected chi connectivity index (χ4v) is 1.47. The van der Waals surface area contributed by atoms with Gasteiger partial charge in [-0.3, -0.25) is 0 Å². The molecule has 0 spiro atoms. The Kier molecular flexibility index (Phi) is 3.90. The van der Waals surface area contributed by atoms with Gasteiger partial charge in [-0.05, 0) is 19.4 Å². The number of rotatable bonds is 4. The highest BCUT2D eigenvalue weighted by molar-refractivity contribution is 5.09. The van der Waals surface area contributed by atoms with Crippen LogP contribution in [-0.4, -0.2) is 11.7 Å². The van der Waals surface area contributed by atoms with E-state index in [-0.39, 0.29) is 6.61 Å². The Labute approximate surface area is 79.8 Å². The summed E-state index contributed by atoms with van der Waals surface area (Å²) in [4.78, 5) is 0. The van der Waals surface area contributed by atoms with Crippen molar-refractivity contribution in [1.82, 2.24) is 0 Å². The molecule has 2 nitrogen and oxygen atoms in total. The number of hydrogen-bond donors (Lipinski definition) is 1. The second-order valence-electron chi connectivity index (χ2n) is 3.14. The van der Waals surface area contributed by atoms with Crippen LogP contribution < -0.4 is 4.57 Å². The lowest BCUT2D eigenvalue weighted by Crippen LogP contribution is -2.37. The third kappa shape index (κ3) is 2.52. The molecule has 0 aliphatic heterocycles. The highest BCUT2D eigenvalue weighted by atomic mass is 16.3. The van der Waals surface area contributed by atoms with Crippen molar-refractivity contribution in [3.8, 4) is 0 Å². The molecule has 0 aliphatic rings. The topological polar surface area (TPSA) is 24.1 Å². The molecule has 2 heteroatoms. The summed E-state index contributed by atoms with van der Waals surface area (Å²) in [6.45, 7) is 5.48. The fourth-order valence-electron chi connectivity index (χ4n) is 1.47. The van der Waals surface area contributed by atoms with Gasteiger partial charge in [0.05, 0.1) is 13.0 Å². The Bertz CT molecular complexity index is 271. The van der Waals surface area contributed by atoms with Gasteiger partial charge in [-0.25, -0.2) is 4.57 Å². The smallest absolute Gasteiger partial charge is 0.183 e. The average Bonchev–Trinajstić information content (AvgIpc) is 2.19. The van der Waals surface area contributed by atoms with E-state index >= 15 is 0 Å². The van der Waals surface area contributed by atoms with E-state index in [9.17, 15) is 0 Å². The fraction of sp³-hybridized carbons (Fsp3) is 0.545. The van der Waals surface area contributed by atoms with Crippen molar-refractivity contribution in [1.29, 1.82) is 0 Å². The molecule has 1 aromatic heterocycles. The Morgan fingerprint density at radius 1 is 1.31 bits per heavy atom. The number of aromatic nitrogens is 1. The molecule has 1 rings (SSSR count). The molecule has 1 aromatic rings. The quantitative estimate of drug-likeness (QED) is 0.689. The SMILES string of the molecule is CCc1ccc(CCO)[n+](CC)c1. The van der Waals surface area contributed by atoms with Gasteiger partial charge < -0.3 is 5.11 Å². The van der Waals surface area contributed by atoms with Gasteiger partial charge in [0.25, 0.3) is 0 Å². The molecule has 0 aromatic carbocycles. The van der Waals surface area contributed by atoms with Crippen LogP contribution in [0.4, 0.5) is 0 Å². The maximum Gasteiger partial charge on any atom is 0.183 e. The number of aliphatic hydroxyl groups is 1. The Morgan fingerprint density at radius 3 is 2.62 bits per heavy atom. The lowest BCUT2D eigenvalue weighted by molar-refractivity contribution is -0.701. The van der Waals surface area contributed by atoms with Crippen molar-refractivity contribution in [3.05, 3.63) is 29.6 Å². The maximum atomic E-state index is 8.85. The van der Waals surface area contributed by atoms with Gasteiger partial charge in [0.15, 0.2) is 11.9 Å². The van der Waals surface area contributed by atoms with Crippen LogP contribution >= 0.6 is 0 Å². The number of aliphatic hydroxyl groups excluding tert-OH is 1. The number of hydrogen-bond acceptors (Lipinski definition) is 1. The van der Waals surface area contributed by atoms with Crippen LogP contribution in [0.5, 0.6) is 0 Å². The van der Waals surface area contributed by atoms with Crippen LogP contribution in [0, 0.1) is 0 Å². The first kappa shape index (κ1) is 10.2. The minimum absolute atomic E-state index is 0.228.